The Hall–Kier alpha value is -2.04. The molecule has 4 rings (SSSR count). The van der Waals surface area contributed by atoms with Crippen molar-refractivity contribution < 1.29 is 9.59 Å². The lowest BCUT2D eigenvalue weighted by Gasteiger charge is -2.33. The Labute approximate surface area is 174 Å². The molecule has 1 heterocycles. The highest BCUT2D eigenvalue weighted by Gasteiger charge is 2.27. The zero-order chi connectivity index (χ0) is 20.2. The number of carbonyl (C=O) groups excluding carboxylic acids is 2. The summed E-state index contributed by atoms with van der Waals surface area (Å²) in [4.78, 5) is 27.7. The zero-order valence-electron chi connectivity index (χ0n) is 17.7. The van der Waals surface area contributed by atoms with Crippen LogP contribution in [0, 0.1) is 11.8 Å². The first kappa shape index (κ1) is 20.2. The van der Waals surface area contributed by atoms with Crippen LogP contribution in [0.3, 0.4) is 0 Å². The van der Waals surface area contributed by atoms with Crippen LogP contribution in [-0.2, 0) is 4.79 Å². The number of benzene rings is 1. The molecule has 0 radical (unpaired) electrons. The van der Waals surface area contributed by atoms with E-state index in [0.29, 0.717) is 23.9 Å². The van der Waals surface area contributed by atoms with E-state index in [1.807, 2.05) is 18.2 Å². The van der Waals surface area contributed by atoms with Gasteiger partial charge in [0.2, 0.25) is 5.91 Å². The van der Waals surface area contributed by atoms with E-state index in [9.17, 15) is 9.59 Å². The maximum Gasteiger partial charge on any atom is 0.253 e. The first-order valence-electron chi connectivity index (χ1n) is 11.6. The normalized spacial score (nSPS) is 20.7. The molecule has 2 saturated carbocycles. The Kier molecular flexibility index (Phi) is 6.41. The summed E-state index contributed by atoms with van der Waals surface area (Å²) in [6.07, 6.45) is 11.1. The molecule has 0 aromatic heterocycles. The van der Waals surface area contributed by atoms with E-state index >= 15 is 0 Å². The molecule has 1 aromatic rings. The molecule has 0 bridgehead atoms. The average molecular weight is 398 g/mol. The molecule has 3 fully saturated rings. The van der Waals surface area contributed by atoms with Crippen LogP contribution in [0.1, 0.15) is 81.5 Å². The number of amides is 2. The summed E-state index contributed by atoms with van der Waals surface area (Å²) in [5.74, 6) is 1.51. The van der Waals surface area contributed by atoms with Crippen LogP contribution >= 0.6 is 0 Å². The summed E-state index contributed by atoms with van der Waals surface area (Å²) in [7, 11) is 0. The SMILES string of the molecule is CC1CCN(c2ccc(NC(=O)CCC3CCCC3)cc2C(=O)NC2CC2)CC1. The van der Waals surface area contributed by atoms with Crippen molar-refractivity contribution >= 4 is 23.2 Å². The largest absolute Gasteiger partial charge is 0.371 e. The Bertz CT molecular complexity index is 730. The van der Waals surface area contributed by atoms with Gasteiger partial charge in [-0.05, 0) is 62.1 Å². The van der Waals surface area contributed by atoms with Crippen LogP contribution in [0.5, 0.6) is 0 Å². The second-order valence-electron chi connectivity index (χ2n) is 9.39. The van der Waals surface area contributed by atoms with Crippen LogP contribution in [0.2, 0.25) is 0 Å². The summed E-state index contributed by atoms with van der Waals surface area (Å²) >= 11 is 0. The number of nitrogens with zero attached hydrogens (tertiary/aromatic N) is 1. The molecule has 5 nitrogen and oxygen atoms in total. The first-order chi connectivity index (χ1) is 14.1. The molecule has 0 atom stereocenters. The van der Waals surface area contributed by atoms with Gasteiger partial charge in [-0.25, -0.2) is 0 Å². The molecule has 0 unspecified atom stereocenters. The molecule has 1 aromatic carbocycles. The van der Waals surface area contributed by atoms with Gasteiger partial charge in [0, 0.05) is 36.9 Å². The van der Waals surface area contributed by atoms with Gasteiger partial charge in [0.15, 0.2) is 0 Å². The van der Waals surface area contributed by atoms with Gasteiger partial charge in [-0.15, -0.1) is 0 Å². The Morgan fingerprint density at radius 2 is 1.76 bits per heavy atom. The summed E-state index contributed by atoms with van der Waals surface area (Å²) in [5.41, 5.74) is 2.43. The van der Waals surface area contributed by atoms with Crippen molar-refractivity contribution in [2.75, 3.05) is 23.3 Å². The summed E-state index contributed by atoms with van der Waals surface area (Å²) in [6, 6.07) is 6.17. The fourth-order valence-electron chi connectivity index (χ4n) is 4.67. The lowest BCUT2D eigenvalue weighted by molar-refractivity contribution is -0.116. The van der Waals surface area contributed by atoms with Crippen molar-refractivity contribution in [3.05, 3.63) is 23.8 Å². The highest BCUT2D eigenvalue weighted by atomic mass is 16.2. The fourth-order valence-corrected chi connectivity index (χ4v) is 4.67. The van der Waals surface area contributed by atoms with Gasteiger partial charge in [-0.2, -0.15) is 0 Å². The van der Waals surface area contributed by atoms with E-state index in [-0.39, 0.29) is 11.8 Å². The Morgan fingerprint density at radius 3 is 2.45 bits per heavy atom. The highest BCUT2D eigenvalue weighted by Crippen LogP contribution is 2.31. The molecule has 1 aliphatic heterocycles. The summed E-state index contributed by atoms with van der Waals surface area (Å²) in [6.45, 7) is 4.26. The lowest BCUT2D eigenvalue weighted by Crippen LogP contribution is -2.35. The minimum absolute atomic E-state index is 0.0109. The number of rotatable bonds is 7. The van der Waals surface area contributed by atoms with Gasteiger partial charge in [-0.3, -0.25) is 9.59 Å². The third-order valence-corrected chi connectivity index (χ3v) is 6.82. The zero-order valence-corrected chi connectivity index (χ0v) is 17.7. The second-order valence-corrected chi connectivity index (χ2v) is 9.39. The number of piperidine rings is 1. The van der Waals surface area contributed by atoms with Crippen LogP contribution < -0.4 is 15.5 Å². The van der Waals surface area contributed by atoms with Crippen molar-refractivity contribution in [1.82, 2.24) is 5.32 Å². The lowest BCUT2D eigenvalue weighted by atomic mass is 9.97. The molecule has 2 amide bonds. The van der Waals surface area contributed by atoms with E-state index in [0.717, 1.165) is 62.5 Å². The van der Waals surface area contributed by atoms with Crippen LogP contribution in [-0.4, -0.2) is 30.9 Å². The molecule has 0 spiro atoms. The molecule has 2 N–H and O–H groups in total. The quantitative estimate of drug-likeness (QED) is 0.699. The molecule has 2 aliphatic carbocycles. The van der Waals surface area contributed by atoms with Crippen molar-refractivity contribution in [3.63, 3.8) is 0 Å². The maximum absolute atomic E-state index is 12.9. The van der Waals surface area contributed by atoms with Gasteiger partial charge in [0.05, 0.1) is 5.56 Å². The monoisotopic (exact) mass is 397 g/mol. The number of hydrogen-bond donors (Lipinski definition) is 2. The number of carbonyl (C=O) groups is 2. The molecule has 3 aliphatic rings. The van der Waals surface area contributed by atoms with E-state index in [1.54, 1.807) is 0 Å². The summed E-state index contributed by atoms with van der Waals surface area (Å²) < 4.78 is 0. The smallest absolute Gasteiger partial charge is 0.253 e. The van der Waals surface area contributed by atoms with E-state index < -0.39 is 0 Å². The van der Waals surface area contributed by atoms with Gasteiger partial charge >= 0.3 is 0 Å². The van der Waals surface area contributed by atoms with Crippen LogP contribution in [0.25, 0.3) is 0 Å². The number of nitrogens with one attached hydrogen (secondary N) is 2. The Balaban J connectivity index is 1.44. The molecule has 1 saturated heterocycles. The second kappa shape index (κ2) is 9.19. The van der Waals surface area contributed by atoms with Gasteiger partial charge < -0.3 is 15.5 Å². The maximum atomic E-state index is 12.9. The topological polar surface area (TPSA) is 61.4 Å². The molecule has 5 heteroatoms. The van der Waals surface area contributed by atoms with Crippen molar-refractivity contribution in [2.24, 2.45) is 11.8 Å². The van der Waals surface area contributed by atoms with E-state index in [1.165, 1.54) is 25.7 Å². The van der Waals surface area contributed by atoms with Gasteiger partial charge in [0.1, 0.15) is 0 Å². The third kappa shape index (κ3) is 5.52. The van der Waals surface area contributed by atoms with Crippen molar-refractivity contribution in [3.8, 4) is 0 Å². The first-order valence-corrected chi connectivity index (χ1v) is 11.6. The minimum atomic E-state index is -0.0109. The van der Waals surface area contributed by atoms with Gasteiger partial charge in [0.25, 0.3) is 5.91 Å². The molecule has 158 valence electrons. The number of anilines is 2. The molecular formula is C24H35N3O2. The molecular weight excluding hydrogens is 362 g/mol. The average Bonchev–Trinajstić information content (AvgIpc) is 3.37. The van der Waals surface area contributed by atoms with E-state index in [4.69, 9.17) is 0 Å². The fraction of sp³-hybridized carbons (Fsp3) is 0.667. The van der Waals surface area contributed by atoms with Crippen LogP contribution in [0.15, 0.2) is 18.2 Å². The highest BCUT2D eigenvalue weighted by molar-refractivity contribution is 6.02. The van der Waals surface area contributed by atoms with Crippen molar-refractivity contribution in [2.45, 2.75) is 77.2 Å². The van der Waals surface area contributed by atoms with Crippen LogP contribution in [0.4, 0.5) is 11.4 Å². The standard InChI is InChI=1S/C24H35N3O2/c1-17-12-14-27(15-13-17)22-10-9-20(16-21(22)24(29)26-19-7-8-19)25-23(28)11-6-18-4-2-3-5-18/h9-10,16-19H,2-8,11-15H2,1H3,(H,25,28)(H,26,29). The minimum Gasteiger partial charge on any atom is -0.371 e. The number of hydrogen-bond acceptors (Lipinski definition) is 3. The molecule has 29 heavy (non-hydrogen) atoms. The van der Waals surface area contributed by atoms with Gasteiger partial charge in [-0.1, -0.05) is 32.6 Å². The third-order valence-electron chi connectivity index (χ3n) is 6.82. The predicted molar refractivity (Wildman–Crippen MR) is 117 cm³/mol. The summed E-state index contributed by atoms with van der Waals surface area (Å²) in [5, 5.41) is 6.15. The van der Waals surface area contributed by atoms with E-state index in [2.05, 4.69) is 22.5 Å². The predicted octanol–water partition coefficient (Wildman–Crippen LogP) is 4.72. The van der Waals surface area contributed by atoms with Crippen molar-refractivity contribution in [1.29, 1.82) is 0 Å². The Morgan fingerprint density at radius 1 is 1.03 bits per heavy atom.